The lowest BCUT2D eigenvalue weighted by Gasteiger charge is -2.14. The van der Waals surface area contributed by atoms with Crippen LogP contribution in [0.3, 0.4) is 0 Å². The molecule has 0 aliphatic heterocycles. The van der Waals surface area contributed by atoms with Gasteiger partial charge >= 0.3 is 0 Å². The van der Waals surface area contributed by atoms with Crippen LogP contribution in [0.5, 0.6) is 0 Å². The van der Waals surface area contributed by atoms with Gasteiger partial charge in [0.05, 0.1) is 9.71 Å². The van der Waals surface area contributed by atoms with Gasteiger partial charge in [0.1, 0.15) is 0 Å². The molecular formula is C16H12Cl2S. The van der Waals surface area contributed by atoms with Gasteiger partial charge in [-0.1, -0.05) is 48.0 Å². The molecule has 0 fully saturated rings. The van der Waals surface area contributed by atoms with Gasteiger partial charge in [0.2, 0.25) is 0 Å². The van der Waals surface area contributed by atoms with Crippen LogP contribution < -0.4 is 0 Å². The first-order valence-corrected chi connectivity index (χ1v) is 7.67. The fraction of sp³-hybridized carbons (Fsp3) is 0.125. The van der Waals surface area contributed by atoms with Crippen LogP contribution in [0.25, 0.3) is 10.8 Å². The van der Waals surface area contributed by atoms with Gasteiger partial charge in [0, 0.05) is 4.88 Å². The Kier molecular flexibility index (Phi) is 3.53. The van der Waals surface area contributed by atoms with Crippen molar-refractivity contribution >= 4 is 45.3 Å². The van der Waals surface area contributed by atoms with Crippen molar-refractivity contribution in [2.45, 2.75) is 12.3 Å². The van der Waals surface area contributed by atoms with Crippen molar-refractivity contribution in [3.8, 4) is 0 Å². The summed E-state index contributed by atoms with van der Waals surface area (Å²) >= 11 is 14.2. The van der Waals surface area contributed by atoms with Gasteiger partial charge in [-0.2, -0.15) is 0 Å². The van der Waals surface area contributed by atoms with Gasteiger partial charge in [-0.15, -0.1) is 22.9 Å². The quantitative estimate of drug-likeness (QED) is 0.495. The van der Waals surface area contributed by atoms with Crippen LogP contribution in [0.2, 0.25) is 4.34 Å². The Morgan fingerprint density at radius 2 is 1.79 bits per heavy atom. The molecule has 0 aliphatic carbocycles. The first-order chi connectivity index (χ1) is 9.16. The molecule has 2 aromatic carbocycles. The third-order valence-electron chi connectivity index (χ3n) is 3.29. The number of alkyl halides is 1. The van der Waals surface area contributed by atoms with Gasteiger partial charge in [-0.05, 0) is 41.0 Å². The summed E-state index contributed by atoms with van der Waals surface area (Å²) in [5.41, 5.74) is 2.39. The first-order valence-electron chi connectivity index (χ1n) is 6.04. The lowest BCUT2D eigenvalue weighted by Crippen LogP contribution is -1.95. The Morgan fingerprint density at radius 3 is 2.53 bits per heavy atom. The fourth-order valence-electron chi connectivity index (χ4n) is 2.35. The number of halogens is 2. The minimum Gasteiger partial charge on any atom is -0.127 e. The van der Waals surface area contributed by atoms with E-state index in [2.05, 4.69) is 37.3 Å². The van der Waals surface area contributed by atoms with E-state index < -0.39 is 0 Å². The fourth-order valence-corrected chi connectivity index (χ4v) is 3.89. The van der Waals surface area contributed by atoms with Gasteiger partial charge in [-0.3, -0.25) is 0 Å². The number of aryl methyl sites for hydroxylation is 1. The van der Waals surface area contributed by atoms with E-state index in [1.165, 1.54) is 21.9 Å². The minimum atomic E-state index is -0.149. The Hall–Kier alpha value is -1.02. The average Bonchev–Trinajstić information content (AvgIpc) is 2.85. The molecule has 0 amide bonds. The smallest absolute Gasteiger partial charge is 0.0936 e. The molecular weight excluding hydrogens is 295 g/mol. The summed E-state index contributed by atoms with van der Waals surface area (Å²) in [6.07, 6.45) is 0. The van der Waals surface area contributed by atoms with Crippen LogP contribution in [-0.4, -0.2) is 0 Å². The molecule has 0 bridgehead atoms. The highest BCUT2D eigenvalue weighted by molar-refractivity contribution is 7.16. The maximum Gasteiger partial charge on any atom is 0.0936 e. The molecule has 3 rings (SSSR count). The molecule has 3 heteroatoms. The zero-order valence-electron chi connectivity index (χ0n) is 10.4. The summed E-state index contributed by atoms with van der Waals surface area (Å²) in [4.78, 5) is 1.09. The second kappa shape index (κ2) is 5.16. The lowest BCUT2D eigenvalue weighted by molar-refractivity contribution is 1.17. The average molecular weight is 307 g/mol. The predicted octanol–water partition coefficient (Wildman–Crippen LogP) is 6.19. The monoisotopic (exact) mass is 306 g/mol. The number of thiophene rings is 1. The summed E-state index contributed by atoms with van der Waals surface area (Å²) in [7, 11) is 0. The molecule has 0 nitrogen and oxygen atoms in total. The van der Waals surface area contributed by atoms with Gasteiger partial charge in [-0.25, -0.2) is 0 Å². The summed E-state index contributed by atoms with van der Waals surface area (Å²) < 4.78 is 0.776. The molecule has 1 heterocycles. The molecule has 19 heavy (non-hydrogen) atoms. The van der Waals surface area contributed by atoms with E-state index >= 15 is 0 Å². The maximum absolute atomic E-state index is 6.68. The summed E-state index contributed by atoms with van der Waals surface area (Å²) in [5.74, 6) is 0. The summed E-state index contributed by atoms with van der Waals surface area (Å²) in [6, 6.07) is 16.5. The van der Waals surface area contributed by atoms with E-state index in [1.54, 1.807) is 11.3 Å². The number of hydrogen-bond acceptors (Lipinski definition) is 1. The largest absolute Gasteiger partial charge is 0.127 e. The topological polar surface area (TPSA) is 0 Å². The SMILES string of the molecule is Cc1ccc2ccccc2c1C(Cl)c1ccc(Cl)s1. The van der Waals surface area contributed by atoms with Crippen molar-refractivity contribution in [2.75, 3.05) is 0 Å². The molecule has 0 radical (unpaired) electrons. The van der Waals surface area contributed by atoms with E-state index in [1.807, 2.05) is 18.2 Å². The molecule has 1 unspecified atom stereocenters. The van der Waals surface area contributed by atoms with Crippen molar-refractivity contribution in [1.82, 2.24) is 0 Å². The number of fused-ring (bicyclic) bond motifs is 1. The molecule has 3 aromatic rings. The maximum atomic E-state index is 6.68. The van der Waals surface area contributed by atoms with Crippen LogP contribution in [0.15, 0.2) is 48.5 Å². The molecule has 0 spiro atoms. The van der Waals surface area contributed by atoms with E-state index in [0.717, 1.165) is 9.21 Å². The predicted molar refractivity (Wildman–Crippen MR) is 85.7 cm³/mol. The van der Waals surface area contributed by atoms with Gasteiger partial charge in [0.15, 0.2) is 0 Å². The Labute approximate surface area is 126 Å². The molecule has 0 N–H and O–H groups in total. The number of hydrogen-bond donors (Lipinski definition) is 0. The Bertz CT molecular complexity index is 730. The summed E-state index contributed by atoms with van der Waals surface area (Å²) in [6.45, 7) is 2.10. The summed E-state index contributed by atoms with van der Waals surface area (Å²) in [5, 5.41) is 2.28. The van der Waals surface area contributed by atoms with Crippen molar-refractivity contribution < 1.29 is 0 Å². The van der Waals surface area contributed by atoms with Crippen LogP contribution in [0.1, 0.15) is 21.4 Å². The highest BCUT2D eigenvalue weighted by Crippen LogP contribution is 2.39. The van der Waals surface area contributed by atoms with Crippen molar-refractivity contribution in [1.29, 1.82) is 0 Å². The molecule has 1 aromatic heterocycles. The minimum absolute atomic E-state index is 0.149. The zero-order valence-corrected chi connectivity index (χ0v) is 12.7. The third kappa shape index (κ3) is 2.38. The van der Waals surface area contributed by atoms with Crippen molar-refractivity contribution in [3.05, 3.63) is 68.9 Å². The highest BCUT2D eigenvalue weighted by Gasteiger charge is 2.17. The highest BCUT2D eigenvalue weighted by atomic mass is 35.5. The lowest BCUT2D eigenvalue weighted by atomic mass is 9.96. The second-order valence-corrected chi connectivity index (χ2v) is 6.70. The van der Waals surface area contributed by atoms with E-state index in [9.17, 15) is 0 Å². The zero-order chi connectivity index (χ0) is 13.4. The van der Waals surface area contributed by atoms with Crippen LogP contribution >= 0.6 is 34.5 Å². The molecule has 1 atom stereocenters. The van der Waals surface area contributed by atoms with Gasteiger partial charge in [0.25, 0.3) is 0 Å². The molecule has 96 valence electrons. The first kappa shape index (κ1) is 13.0. The number of rotatable bonds is 2. The molecule has 0 aliphatic rings. The van der Waals surface area contributed by atoms with Crippen molar-refractivity contribution in [3.63, 3.8) is 0 Å². The Morgan fingerprint density at radius 1 is 1.00 bits per heavy atom. The van der Waals surface area contributed by atoms with Crippen LogP contribution in [-0.2, 0) is 0 Å². The molecule has 0 saturated heterocycles. The van der Waals surface area contributed by atoms with Crippen LogP contribution in [0, 0.1) is 6.92 Å². The van der Waals surface area contributed by atoms with Gasteiger partial charge < -0.3 is 0 Å². The standard InChI is InChI=1S/C16H12Cl2S/c1-10-6-7-11-4-2-3-5-12(11)15(10)16(18)13-8-9-14(17)19-13/h2-9,16H,1H3. The molecule has 0 saturated carbocycles. The third-order valence-corrected chi connectivity index (χ3v) is 5.16. The number of benzene rings is 2. The van der Waals surface area contributed by atoms with Crippen molar-refractivity contribution in [2.24, 2.45) is 0 Å². The normalized spacial score (nSPS) is 12.8. The Balaban J connectivity index is 2.21. The van der Waals surface area contributed by atoms with Crippen LogP contribution in [0.4, 0.5) is 0 Å². The second-order valence-electron chi connectivity index (χ2n) is 4.52. The van der Waals surface area contributed by atoms with E-state index in [-0.39, 0.29) is 5.38 Å². The van der Waals surface area contributed by atoms with E-state index in [0.29, 0.717) is 0 Å². The van der Waals surface area contributed by atoms with E-state index in [4.69, 9.17) is 23.2 Å².